The van der Waals surface area contributed by atoms with Crippen LogP contribution >= 0.6 is 22.7 Å². The maximum Gasteiger partial charge on any atom is 0.129 e. The van der Waals surface area contributed by atoms with Gasteiger partial charge in [-0.05, 0) is 89.0 Å². The van der Waals surface area contributed by atoms with Gasteiger partial charge in [-0.15, -0.1) is 0 Å². The van der Waals surface area contributed by atoms with Gasteiger partial charge in [-0.25, -0.2) is 4.98 Å². The summed E-state index contributed by atoms with van der Waals surface area (Å²) in [5, 5.41) is 14.9. The van der Waals surface area contributed by atoms with Crippen LogP contribution in [0.3, 0.4) is 0 Å². The molecule has 2 unspecified atom stereocenters. The van der Waals surface area contributed by atoms with Crippen molar-refractivity contribution in [3.8, 4) is 11.5 Å². The number of aromatic nitrogens is 2. The molecule has 2 atom stereocenters. The second kappa shape index (κ2) is 13.3. The average molecular weight is 595 g/mol. The topological polar surface area (TPSA) is 59.5 Å². The van der Waals surface area contributed by atoms with Crippen molar-refractivity contribution in [2.24, 2.45) is 0 Å². The van der Waals surface area contributed by atoms with E-state index in [4.69, 9.17) is 14.5 Å². The molecule has 0 fully saturated rings. The molecule has 0 amide bonds. The Balaban J connectivity index is 1.19. The van der Waals surface area contributed by atoms with Crippen LogP contribution < -0.4 is 19.7 Å². The lowest BCUT2D eigenvalue weighted by molar-refractivity contribution is 0.198. The van der Waals surface area contributed by atoms with Crippen molar-refractivity contribution in [2.45, 2.75) is 25.0 Å². The quantitative estimate of drug-likeness (QED) is 0.145. The van der Waals surface area contributed by atoms with Gasteiger partial charge in [0.2, 0.25) is 0 Å². The lowest BCUT2D eigenvalue weighted by Gasteiger charge is -2.24. The Morgan fingerprint density at radius 3 is 2.24 bits per heavy atom. The molecule has 0 saturated heterocycles. The average Bonchev–Trinajstić information content (AvgIpc) is 3.77. The molecule has 4 heterocycles. The van der Waals surface area contributed by atoms with Crippen LogP contribution in [0.1, 0.15) is 36.2 Å². The van der Waals surface area contributed by atoms with E-state index in [-0.39, 0.29) is 12.2 Å². The highest BCUT2D eigenvalue weighted by atomic mass is 32.1. The van der Waals surface area contributed by atoms with E-state index in [9.17, 15) is 0 Å². The molecule has 6 nitrogen and oxygen atoms in total. The van der Waals surface area contributed by atoms with Crippen LogP contribution in [0.15, 0.2) is 101 Å². The first-order valence-electron chi connectivity index (χ1n) is 14.2. The summed E-state index contributed by atoms with van der Waals surface area (Å²) in [5.74, 6) is 2.63. The van der Waals surface area contributed by atoms with Crippen molar-refractivity contribution in [2.75, 3.05) is 32.1 Å². The van der Waals surface area contributed by atoms with Gasteiger partial charge < -0.3 is 19.7 Å². The Kier molecular flexibility index (Phi) is 8.94. The largest absolute Gasteiger partial charge is 0.485 e. The maximum absolute atomic E-state index is 6.64. The van der Waals surface area contributed by atoms with E-state index in [2.05, 4.69) is 80.2 Å². The lowest BCUT2D eigenvalue weighted by atomic mass is 10.1. The minimum atomic E-state index is -0.0865. The number of anilines is 1. The highest BCUT2D eigenvalue weighted by molar-refractivity contribution is 7.08. The summed E-state index contributed by atoms with van der Waals surface area (Å²) in [6, 6.07) is 22.7. The first-order valence-corrected chi connectivity index (χ1v) is 16.0. The normalized spacial score (nSPS) is 12.8. The van der Waals surface area contributed by atoms with Crippen LogP contribution in [-0.4, -0.2) is 37.2 Å². The van der Waals surface area contributed by atoms with Crippen LogP contribution in [-0.2, 0) is 0 Å². The molecular formula is C34H34N4O2S2. The number of hydrogen-bond acceptors (Lipinski definition) is 8. The molecule has 0 aliphatic rings. The first kappa shape index (κ1) is 28.2. The van der Waals surface area contributed by atoms with E-state index in [1.807, 2.05) is 49.8 Å². The minimum absolute atomic E-state index is 0.0109. The molecule has 8 heteroatoms. The summed E-state index contributed by atoms with van der Waals surface area (Å²) < 4.78 is 13.2. The molecular weight excluding hydrogens is 561 g/mol. The number of nitrogens with one attached hydrogen (secondary N) is 1. The molecule has 1 N–H and O–H groups in total. The zero-order valence-electron chi connectivity index (χ0n) is 23.8. The van der Waals surface area contributed by atoms with Gasteiger partial charge in [0, 0.05) is 60.7 Å². The number of hydrogen-bond donors (Lipinski definition) is 1. The number of pyridine rings is 2. The summed E-state index contributed by atoms with van der Waals surface area (Å²) >= 11 is 3.39. The van der Waals surface area contributed by atoms with E-state index in [1.165, 1.54) is 11.1 Å². The van der Waals surface area contributed by atoms with Crippen molar-refractivity contribution in [1.82, 2.24) is 15.3 Å². The van der Waals surface area contributed by atoms with Crippen LogP contribution in [0.2, 0.25) is 0 Å². The highest BCUT2D eigenvalue weighted by Gasteiger charge is 2.19. The predicted octanol–water partition coefficient (Wildman–Crippen LogP) is 8.28. The predicted molar refractivity (Wildman–Crippen MR) is 175 cm³/mol. The standard InChI is InChI=1S/C34H34N4O2S2/c1-35-16-11-30(25-13-18-41-22-25)39-33-9-3-6-24-20-34(37-21-28(24)33)38(2)17-12-31(26-14-19-42-23-26)40-32-10-4-8-29-27(32)7-5-15-36-29/h3-10,13-15,18-23,30-31,35H,11-12,16-17H2,1-2H3. The molecule has 0 saturated carbocycles. The zero-order chi connectivity index (χ0) is 28.7. The Bertz CT molecular complexity index is 1720. The number of nitrogens with zero attached hydrogens (tertiary/aromatic N) is 3. The van der Waals surface area contributed by atoms with Gasteiger partial charge >= 0.3 is 0 Å². The minimum Gasteiger partial charge on any atom is -0.485 e. The molecule has 2 aromatic carbocycles. The van der Waals surface area contributed by atoms with E-state index in [0.29, 0.717) is 0 Å². The lowest BCUT2D eigenvalue weighted by Crippen LogP contribution is -2.23. The fourth-order valence-corrected chi connectivity index (χ4v) is 6.54. The fourth-order valence-electron chi connectivity index (χ4n) is 5.13. The van der Waals surface area contributed by atoms with Crippen molar-refractivity contribution >= 4 is 50.2 Å². The smallest absolute Gasteiger partial charge is 0.129 e. The molecule has 214 valence electrons. The monoisotopic (exact) mass is 594 g/mol. The van der Waals surface area contributed by atoms with Crippen molar-refractivity contribution < 1.29 is 9.47 Å². The second-order valence-corrected chi connectivity index (χ2v) is 11.8. The van der Waals surface area contributed by atoms with Crippen molar-refractivity contribution in [3.63, 3.8) is 0 Å². The third-order valence-corrected chi connectivity index (χ3v) is 8.86. The van der Waals surface area contributed by atoms with Gasteiger partial charge in [-0.3, -0.25) is 4.98 Å². The van der Waals surface area contributed by atoms with E-state index in [1.54, 1.807) is 22.7 Å². The van der Waals surface area contributed by atoms with Gasteiger partial charge in [-0.1, -0.05) is 18.2 Å². The Morgan fingerprint density at radius 1 is 0.810 bits per heavy atom. The molecule has 0 aliphatic heterocycles. The molecule has 0 aliphatic carbocycles. The first-order chi connectivity index (χ1) is 20.7. The third-order valence-electron chi connectivity index (χ3n) is 7.46. The molecule has 6 rings (SSSR count). The summed E-state index contributed by atoms with van der Waals surface area (Å²) in [5.41, 5.74) is 3.32. The number of thiophene rings is 2. The van der Waals surface area contributed by atoms with Crippen LogP contribution in [0.4, 0.5) is 5.82 Å². The number of benzene rings is 2. The van der Waals surface area contributed by atoms with E-state index >= 15 is 0 Å². The molecule has 0 radical (unpaired) electrons. The van der Waals surface area contributed by atoms with Gasteiger partial charge in [0.25, 0.3) is 0 Å². The van der Waals surface area contributed by atoms with Gasteiger partial charge in [0.05, 0.1) is 5.52 Å². The molecule has 0 spiro atoms. The highest BCUT2D eigenvalue weighted by Crippen LogP contribution is 2.34. The summed E-state index contributed by atoms with van der Waals surface area (Å²) in [4.78, 5) is 11.5. The van der Waals surface area contributed by atoms with Crippen LogP contribution in [0, 0.1) is 0 Å². The summed E-state index contributed by atoms with van der Waals surface area (Å²) in [7, 11) is 4.06. The van der Waals surface area contributed by atoms with Gasteiger partial charge in [-0.2, -0.15) is 22.7 Å². The Morgan fingerprint density at radius 2 is 1.52 bits per heavy atom. The van der Waals surface area contributed by atoms with Gasteiger partial charge in [0.15, 0.2) is 0 Å². The van der Waals surface area contributed by atoms with E-state index in [0.717, 1.165) is 64.9 Å². The zero-order valence-corrected chi connectivity index (χ0v) is 25.4. The van der Waals surface area contributed by atoms with Crippen LogP contribution in [0.25, 0.3) is 21.7 Å². The SMILES string of the molecule is CNCCC(Oc1cccc2cc(N(C)CCC(Oc3cccc4ncccc34)c3ccsc3)ncc12)c1ccsc1. The van der Waals surface area contributed by atoms with E-state index < -0.39 is 0 Å². The van der Waals surface area contributed by atoms with Gasteiger partial charge in [0.1, 0.15) is 29.5 Å². The number of ether oxygens (including phenoxy) is 2. The van der Waals surface area contributed by atoms with Crippen molar-refractivity contribution in [1.29, 1.82) is 0 Å². The van der Waals surface area contributed by atoms with Crippen molar-refractivity contribution in [3.05, 3.63) is 112 Å². The molecule has 6 aromatic rings. The molecule has 0 bridgehead atoms. The second-order valence-electron chi connectivity index (χ2n) is 10.3. The summed E-state index contributed by atoms with van der Waals surface area (Å²) in [6.45, 7) is 1.66. The molecule has 4 aromatic heterocycles. The van der Waals surface area contributed by atoms with Crippen LogP contribution in [0.5, 0.6) is 11.5 Å². The third kappa shape index (κ3) is 6.41. The Labute approximate surface area is 254 Å². The fraction of sp³-hybridized carbons (Fsp3) is 0.235. The number of fused-ring (bicyclic) bond motifs is 2. The molecule has 42 heavy (non-hydrogen) atoms. The maximum atomic E-state index is 6.64. The number of rotatable bonds is 13. The Hall–Kier alpha value is -3.98. The summed E-state index contributed by atoms with van der Waals surface area (Å²) in [6.07, 6.45) is 5.35.